The van der Waals surface area contributed by atoms with Gasteiger partial charge in [-0.1, -0.05) is 6.92 Å². The van der Waals surface area contributed by atoms with Crippen molar-refractivity contribution in [2.24, 2.45) is 11.8 Å². The maximum absolute atomic E-state index is 11.9. The van der Waals surface area contributed by atoms with Crippen LogP contribution in [0, 0.1) is 23.2 Å². The lowest BCUT2D eigenvalue weighted by Crippen LogP contribution is -2.37. The minimum absolute atomic E-state index is 0.0449. The Hall–Kier alpha value is -1.08. The molecule has 0 aromatic rings. The van der Waals surface area contributed by atoms with E-state index in [1.165, 1.54) is 0 Å². The zero-order valence-electron chi connectivity index (χ0n) is 10.1. The molecule has 16 heavy (non-hydrogen) atoms. The van der Waals surface area contributed by atoms with Crippen LogP contribution >= 0.6 is 0 Å². The second-order valence-corrected chi connectivity index (χ2v) is 4.36. The number of nitriles is 1. The summed E-state index contributed by atoms with van der Waals surface area (Å²) >= 11 is 0. The molecule has 1 aliphatic rings. The van der Waals surface area contributed by atoms with Gasteiger partial charge >= 0.3 is 0 Å². The molecule has 1 unspecified atom stereocenters. The molecule has 4 nitrogen and oxygen atoms in total. The molecule has 0 saturated carbocycles. The zero-order valence-corrected chi connectivity index (χ0v) is 10.1. The smallest absolute Gasteiger partial charge is 0.239 e. The van der Waals surface area contributed by atoms with Crippen molar-refractivity contribution in [3.8, 4) is 6.07 Å². The third kappa shape index (κ3) is 3.49. The Labute approximate surface area is 97.2 Å². The van der Waals surface area contributed by atoms with Crippen molar-refractivity contribution in [2.45, 2.75) is 26.2 Å². The van der Waals surface area contributed by atoms with Crippen LogP contribution in [0.2, 0.25) is 0 Å². The van der Waals surface area contributed by atoms with Crippen molar-refractivity contribution in [1.29, 1.82) is 5.26 Å². The summed E-state index contributed by atoms with van der Waals surface area (Å²) in [6, 6.07) is 2.05. The summed E-state index contributed by atoms with van der Waals surface area (Å²) in [6.07, 6.45) is 2.62. The molecule has 1 saturated heterocycles. The lowest BCUT2D eigenvalue weighted by atomic mass is 9.99. The van der Waals surface area contributed by atoms with Gasteiger partial charge in [0.2, 0.25) is 5.91 Å². The Bertz CT molecular complexity index is 267. The van der Waals surface area contributed by atoms with Crippen molar-refractivity contribution >= 4 is 5.91 Å². The van der Waals surface area contributed by atoms with Gasteiger partial charge in [0.25, 0.3) is 0 Å². The number of hydrogen-bond acceptors (Lipinski definition) is 3. The van der Waals surface area contributed by atoms with Gasteiger partial charge in [-0.3, -0.25) is 4.79 Å². The topological polar surface area (TPSA) is 53.3 Å². The number of ether oxygens (including phenoxy) is 1. The molecule has 0 aromatic heterocycles. The van der Waals surface area contributed by atoms with Gasteiger partial charge in [0.05, 0.1) is 6.07 Å². The predicted octanol–water partition coefficient (Wildman–Crippen LogP) is 1.42. The van der Waals surface area contributed by atoms with Crippen LogP contribution < -0.4 is 0 Å². The average molecular weight is 224 g/mol. The number of hydrogen-bond donors (Lipinski definition) is 0. The van der Waals surface area contributed by atoms with Gasteiger partial charge in [0.15, 0.2) is 0 Å². The Morgan fingerprint density at radius 1 is 1.56 bits per heavy atom. The molecule has 0 N–H and O–H groups in total. The van der Waals surface area contributed by atoms with Crippen molar-refractivity contribution in [2.75, 3.05) is 26.8 Å². The largest absolute Gasteiger partial charge is 0.381 e. The number of nitrogens with zero attached hydrogens (tertiary/aromatic N) is 2. The first-order valence-electron chi connectivity index (χ1n) is 5.91. The number of carbonyl (C=O) groups is 1. The van der Waals surface area contributed by atoms with E-state index in [-0.39, 0.29) is 5.91 Å². The SMILES string of the molecule is CCC(C#N)C(=O)N(C)CC1CCOCC1. The first kappa shape index (κ1) is 13.0. The molecule has 0 bridgehead atoms. The lowest BCUT2D eigenvalue weighted by molar-refractivity contribution is -0.133. The standard InChI is InChI=1S/C12H20N2O2/c1-3-11(8-13)12(15)14(2)9-10-4-6-16-7-5-10/h10-11H,3-7,9H2,1-2H3. The van der Waals surface area contributed by atoms with Crippen LogP contribution in [-0.2, 0) is 9.53 Å². The van der Waals surface area contributed by atoms with E-state index < -0.39 is 5.92 Å². The lowest BCUT2D eigenvalue weighted by Gasteiger charge is -2.28. The van der Waals surface area contributed by atoms with Crippen LogP contribution in [0.15, 0.2) is 0 Å². The molecule has 0 spiro atoms. The molecule has 0 aromatic carbocycles. The van der Waals surface area contributed by atoms with Crippen LogP contribution in [0.4, 0.5) is 0 Å². The minimum Gasteiger partial charge on any atom is -0.381 e. The van der Waals surface area contributed by atoms with Crippen LogP contribution in [0.1, 0.15) is 26.2 Å². The summed E-state index contributed by atoms with van der Waals surface area (Å²) in [5, 5.41) is 8.83. The van der Waals surface area contributed by atoms with E-state index in [0.29, 0.717) is 12.3 Å². The van der Waals surface area contributed by atoms with Gasteiger partial charge < -0.3 is 9.64 Å². The Kier molecular flexibility index (Phi) is 5.27. The van der Waals surface area contributed by atoms with E-state index in [1.54, 1.807) is 11.9 Å². The van der Waals surface area contributed by atoms with Gasteiger partial charge in [0, 0.05) is 26.8 Å². The van der Waals surface area contributed by atoms with Gasteiger partial charge in [-0.2, -0.15) is 5.26 Å². The fourth-order valence-corrected chi connectivity index (χ4v) is 1.99. The van der Waals surface area contributed by atoms with Gasteiger partial charge in [0.1, 0.15) is 5.92 Å². The molecule has 1 heterocycles. The van der Waals surface area contributed by atoms with E-state index in [4.69, 9.17) is 10.00 Å². The Balaban J connectivity index is 2.41. The number of rotatable bonds is 4. The first-order valence-corrected chi connectivity index (χ1v) is 5.91. The maximum atomic E-state index is 11.9. The molecular formula is C12H20N2O2. The van der Waals surface area contributed by atoms with Crippen molar-refractivity contribution in [3.63, 3.8) is 0 Å². The monoisotopic (exact) mass is 224 g/mol. The second kappa shape index (κ2) is 6.49. The normalized spacial score (nSPS) is 18.8. The number of carbonyl (C=O) groups excluding carboxylic acids is 1. The number of amides is 1. The van der Waals surface area contributed by atoms with Crippen LogP contribution in [-0.4, -0.2) is 37.6 Å². The summed E-state index contributed by atoms with van der Waals surface area (Å²) in [7, 11) is 1.79. The molecule has 0 aliphatic carbocycles. The van der Waals surface area contributed by atoms with Crippen LogP contribution in [0.3, 0.4) is 0 Å². The maximum Gasteiger partial charge on any atom is 0.239 e. The highest BCUT2D eigenvalue weighted by Gasteiger charge is 2.23. The Morgan fingerprint density at radius 2 is 2.19 bits per heavy atom. The second-order valence-electron chi connectivity index (χ2n) is 4.36. The van der Waals surface area contributed by atoms with E-state index in [1.807, 2.05) is 6.92 Å². The third-order valence-corrected chi connectivity index (χ3v) is 3.11. The molecule has 90 valence electrons. The van der Waals surface area contributed by atoms with E-state index in [0.717, 1.165) is 32.6 Å². The van der Waals surface area contributed by atoms with Crippen LogP contribution in [0.25, 0.3) is 0 Å². The summed E-state index contributed by atoms with van der Waals surface area (Å²) in [6.45, 7) is 4.21. The predicted molar refractivity (Wildman–Crippen MR) is 60.6 cm³/mol. The summed E-state index contributed by atoms with van der Waals surface area (Å²) in [4.78, 5) is 13.6. The van der Waals surface area contributed by atoms with Crippen LogP contribution in [0.5, 0.6) is 0 Å². The highest BCUT2D eigenvalue weighted by atomic mass is 16.5. The van der Waals surface area contributed by atoms with E-state index in [9.17, 15) is 4.79 Å². The minimum atomic E-state index is -0.482. The zero-order chi connectivity index (χ0) is 12.0. The van der Waals surface area contributed by atoms with E-state index in [2.05, 4.69) is 6.07 Å². The summed E-state index contributed by atoms with van der Waals surface area (Å²) in [5.41, 5.74) is 0. The molecule has 1 rings (SSSR count). The quantitative estimate of drug-likeness (QED) is 0.725. The molecule has 4 heteroatoms. The summed E-state index contributed by atoms with van der Waals surface area (Å²) < 4.78 is 5.28. The molecular weight excluding hydrogens is 204 g/mol. The van der Waals surface area contributed by atoms with Crippen molar-refractivity contribution in [3.05, 3.63) is 0 Å². The molecule has 1 amide bonds. The fraction of sp³-hybridized carbons (Fsp3) is 0.833. The average Bonchev–Trinajstić information content (AvgIpc) is 2.31. The highest BCUT2D eigenvalue weighted by Crippen LogP contribution is 2.16. The first-order chi connectivity index (χ1) is 7.69. The molecule has 1 fully saturated rings. The fourth-order valence-electron chi connectivity index (χ4n) is 1.99. The highest BCUT2D eigenvalue weighted by molar-refractivity contribution is 5.80. The molecule has 1 atom stereocenters. The third-order valence-electron chi connectivity index (χ3n) is 3.11. The van der Waals surface area contributed by atoms with Gasteiger partial charge in [-0.15, -0.1) is 0 Å². The molecule has 1 aliphatic heterocycles. The van der Waals surface area contributed by atoms with E-state index >= 15 is 0 Å². The summed E-state index contributed by atoms with van der Waals surface area (Å²) in [5.74, 6) is 0.000214. The van der Waals surface area contributed by atoms with Crippen molar-refractivity contribution in [1.82, 2.24) is 4.90 Å². The molecule has 0 radical (unpaired) electrons. The Morgan fingerprint density at radius 3 is 2.69 bits per heavy atom. The van der Waals surface area contributed by atoms with Gasteiger partial charge in [-0.05, 0) is 25.2 Å². The van der Waals surface area contributed by atoms with Gasteiger partial charge in [-0.25, -0.2) is 0 Å². The van der Waals surface area contributed by atoms with Crippen molar-refractivity contribution < 1.29 is 9.53 Å².